The first kappa shape index (κ1) is 39.4. The smallest absolute Gasteiger partial charge is 0.299 e. The van der Waals surface area contributed by atoms with Gasteiger partial charge in [-0.25, -0.2) is 0 Å². The number of nitrogens with zero attached hydrogens (tertiary/aromatic N) is 2. The second-order valence-electron chi connectivity index (χ2n) is 9.58. The molecule has 14 nitrogen and oxygen atoms in total. The van der Waals surface area contributed by atoms with Crippen molar-refractivity contribution in [3.63, 3.8) is 0 Å². The van der Waals surface area contributed by atoms with Crippen molar-refractivity contribution in [2.24, 2.45) is 11.5 Å². The van der Waals surface area contributed by atoms with E-state index in [0.29, 0.717) is 89.5 Å². The summed E-state index contributed by atoms with van der Waals surface area (Å²) in [4.78, 5) is 52.8. The number of hydrogen-bond acceptors (Lipinski definition) is 8. The maximum atomic E-state index is 12.5. The largest absolute Gasteiger partial charge is 0.354 e. The minimum Gasteiger partial charge on any atom is -0.354 e. The molecule has 0 radical (unpaired) electrons. The zero-order chi connectivity index (χ0) is 31.6. The monoisotopic (exact) mass is 634 g/mol. The van der Waals surface area contributed by atoms with Crippen molar-refractivity contribution in [1.82, 2.24) is 31.1 Å². The van der Waals surface area contributed by atoms with E-state index in [9.17, 15) is 19.2 Å². The third-order valence-corrected chi connectivity index (χ3v) is 7.59. The molecule has 0 aliphatic rings. The fraction of sp³-hybridized carbons (Fsp3) is 0.769. The summed E-state index contributed by atoms with van der Waals surface area (Å²) in [5, 5.41) is 23.2. The summed E-state index contributed by atoms with van der Waals surface area (Å²) >= 11 is 2.50. The number of amidine groups is 2. The zero-order valence-corrected chi connectivity index (χ0v) is 27.0. The van der Waals surface area contributed by atoms with Gasteiger partial charge in [-0.1, -0.05) is 12.8 Å². The van der Waals surface area contributed by atoms with Gasteiger partial charge in [0.15, 0.2) is 0 Å². The number of carbonyl (C=O) groups is 4. The molecule has 0 aliphatic heterocycles. The molecule has 0 bridgehead atoms. The van der Waals surface area contributed by atoms with Crippen molar-refractivity contribution >= 4 is 57.5 Å². The fourth-order valence-electron chi connectivity index (χ4n) is 3.81. The highest BCUT2D eigenvalue weighted by Crippen LogP contribution is 2.06. The number of likely N-dealkylation sites (N-methyl/N-ethyl adjacent to an activating group) is 2. The number of carbonyl (C=O) groups excluding carboxylic acids is 4. The molecule has 0 saturated heterocycles. The van der Waals surface area contributed by atoms with E-state index in [1.807, 2.05) is 14.1 Å². The van der Waals surface area contributed by atoms with Crippen molar-refractivity contribution in [2.45, 2.75) is 51.4 Å². The molecule has 4 amide bonds. The van der Waals surface area contributed by atoms with Gasteiger partial charge < -0.3 is 31.1 Å². The lowest BCUT2D eigenvalue weighted by Crippen LogP contribution is -2.44. The number of rotatable bonds is 25. The number of nitrogens with one attached hydrogen (secondary N) is 4. The van der Waals surface area contributed by atoms with Crippen molar-refractivity contribution < 1.29 is 30.0 Å². The summed E-state index contributed by atoms with van der Waals surface area (Å²) in [5.41, 5.74) is 10.9. The molecule has 12 N–H and O–H groups in total. The molecule has 0 fully saturated rings. The van der Waals surface area contributed by atoms with E-state index in [-0.39, 0.29) is 34.0 Å². The van der Waals surface area contributed by atoms with Crippen LogP contribution < -0.4 is 43.6 Å². The van der Waals surface area contributed by atoms with Crippen LogP contribution in [0.2, 0.25) is 0 Å². The van der Waals surface area contributed by atoms with E-state index in [2.05, 4.69) is 21.3 Å². The molecule has 0 aromatic rings. The highest BCUT2D eigenvalue weighted by molar-refractivity contribution is 8.13. The Morgan fingerprint density at radius 1 is 0.595 bits per heavy atom. The van der Waals surface area contributed by atoms with Crippen LogP contribution in [0.15, 0.2) is 0 Å². The van der Waals surface area contributed by atoms with Crippen LogP contribution >= 0.6 is 23.5 Å². The summed E-state index contributed by atoms with van der Waals surface area (Å²) in [5.74, 6) is 0.948. The van der Waals surface area contributed by atoms with Crippen molar-refractivity contribution in [2.75, 3.05) is 78.0 Å². The van der Waals surface area contributed by atoms with E-state index < -0.39 is 0 Å². The van der Waals surface area contributed by atoms with Gasteiger partial charge in [0.1, 0.15) is 0 Å². The van der Waals surface area contributed by atoms with Crippen molar-refractivity contribution in [3.8, 4) is 0 Å². The van der Waals surface area contributed by atoms with E-state index in [1.165, 1.54) is 23.5 Å². The lowest BCUT2D eigenvalue weighted by atomic mass is 10.1. The molecule has 16 heteroatoms. The van der Waals surface area contributed by atoms with Gasteiger partial charge in [-0.3, -0.25) is 41.5 Å². The maximum Gasteiger partial charge on any atom is 0.299 e. The molecule has 0 unspecified atom stereocenters. The number of hydrogen-bond donors (Lipinski definition) is 8. The number of amides is 4. The Hall–Kier alpha value is -2.56. The second-order valence-corrected chi connectivity index (χ2v) is 11.9. The van der Waals surface area contributed by atoms with Gasteiger partial charge >= 0.3 is 0 Å². The van der Waals surface area contributed by atoms with Crippen molar-refractivity contribution in [1.29, 1.82) is 0 Å². The third-order valence-electron chi connectivity index (χ3n) is 6.10. The SMILES string of the molecule is CNCCN(CCNC(=O)CCCCCCC(=O)NCCN(CCNC)C(=O)CCSC(N)=[NH2+])C(=O)CCSC(N)=[NH2+]. The van der Waals surface area contributed by atoms with Gasteiger partial charge in [-0.05, 0) is 50.5 Å². The molecule has 0 saturated carbocycles. The standard InChI is InChI=1S/C26H52N10O4S2/c1-31-11-15-35(23(39)9-19-41-25(27)28)17-13-33-21(37)7-5-3-4-6-8-22(38)34-14-18-36(16-12-32-2)24(40)10-20-42-26(29)30/h31-32H,3-20H2,1-2H3,(H3,27,28)(H3,29,30)(H,33,37)(H,34,38)/p+2. The Labute approximate surface area is 259 Å². The lowest BCUT2D eigenvalue weighted by Gasteiger charge is -2.23. The van der Waals surface area contributed by atoms with Gasteiger partial charge in [-0.2, -0.15) is 0 Å². The Balaban J connectivity index is 4.09. The molecular formula is C26H54N10O4S2+2. The third kappa shape index (κ3) is 23.1. The van der Waals surface area contributed by atoms with Gasteiger partial charge in [0.05, 0.1) is 0 Å². The average Bonchev–Trinajstić information content (AvgIpc) is 2.93. The van der Waals surface area contributed by atoms with Crippen LogP contribution in [0.25, 0.3) is 0 Å². The van der Waals surface area contributed by atoms with Gasteiger partial charge in [0.25, 0.3) is 10.3 Å². The van der Waals surface area contributed by atoms with E-state index in [4.69, 9.17) is 22.3 Å². The Bertz CT molecular complexity index is 769. The number of thioether (sulfide) groups is 2. The molecule has 42 heavy (non-hydrogen) atoms. The highest BCUT2D eigenvalue weighted by Gasteiger charge is 2.15. The summed E-state index contributed by atoms with van der Waals surface area (Å²) in [6.07, 6.45) is 4.64. The van der Waals surface area contributed by atoms with E-state index in [0.717, 1.165) is 25.7 Å². The van der Waals surface area contributed by atoms with Crippen LogP contribution in [-0.2, 0) is 19.2 Å². The molecule has 242 valence electrons. The molecular weight excluding hydrogens is 580 g/mol. The zero-order valence-electron chi connectivity index (χ0n) is 25.4. The van der Waals surface area contributed by atoms with Crippen LogP contribution in [0, 0.1) is 0 Å². The summed E-state index contributed by atoms with van der Waals surface area (Å²) in [6, 6.07) is 0. The minimum atomic E-state index is -0.0459. The number of unbranched alkanes of at least 4 members (excludes halogenated alkanes) is 3. The number of nitrogens with two attached hydrogens (primary N) is 4. The molecule has 0 aromatic carbocycles. The van der Waals surface area contributed by atoms with E-state index in [1.54, 1.807) is 9.80 Å². The van der Waals surface area contributed by atoms with Gasteiger partial charge in [0.2, 0.25) is 23.6 Å². The Morgan fingerprint density at radius 2 is 0.952 bits per heavy atom. The molecule has 0 aromatic heterocycles. The molecule has 0 atom stereocenters. The summed E-state index contributed by atoms with van der Waals surface area (Å²) in [6.45, 7) is 4.11. The van der Waals surface area contributed by atoms with Crippen LogP contribution in [-0.4, -0.2) is 122 Å². The normalized spacial score (nSPS) is 10.6. The van der Waals surface area contributed by atoms with Gasteiger partial charge in [0, 0.05) is 89.5 Å². The fourth-order valence-corrected chi connectivity index (χ4v) is 4.83. The first-order valence-electron chi connectivity index (χ1n) is 14.5. The molecule has 0 spiro atoms. The molecule has 0 rings (SSSR count). The first-order chi connectivity index (χ1) is 20.1. The summed E-state index contributed by atoms with van der Waals surface area (Å²) < 4.78 is 0. The quantitative estimate of drug-likeness (QED) is 0.0276. The topological polar surface area (TPSA) is 226 Å². The molecule has 0 heterocycles. The molecule has 0 aliphatic carbocycles. The second kappa shape index (κ2) is 26.1. The van der Waals surface area contributed by atoms with Crippen LogP contribution in [0.4, 0.5) is 0 Å². The first-order valence-corrected chi connectivity index (χ1v) is 16.5. The summed E-state index contributed by atoms with van der Waals surface area (Å²) in [7, 11) is 3.65. The minimum absolute atomic E-state index is 0.000678. The van der Waals surface area contributed by atoms with Crippen LogP contribution in [0.3, 0.4) is 0 Å². The van der Waals surface area contributed by atoms with E-state index >= 15 is 0 Å². The predicted octanol–water partition coefficient (Wildman–Crippen LogP) is -3.95. The Kier molecular flexibility index (Phi) is 24.5. The van der Waals surface area contributed by atoms with Gasteiger partial charge in [-0.15, -0.1) is 0 Å². The highest BCUT2D eigenvalue weighted by atomic mass is 32.2. The maximum absolute atomic E-state index is 12.5. The van der Waals surface area contributed by atoms with Crippen molar-refractivity contribution in [3.05, 3.63) is 0 Å². The average molecular weight is 635 g/mol. The van der Waals surface area contributed by atoms with Crippen LogP contribution in [0.5, 0.6) is 0 Å². The lowest BCUT2D eigenvalue weighted by molar-refractivity contribution is -0.131. The predicted molar refractivity (Wildman–Crippen MR) is 171 cm³/mol. The van der Waals surface area contributed by atoms with Crippen LogP contribution in [0.1, 0.15) is 51.4 Å². The Morgan fingerprint density at radius 3 is 1.29 bits per heavy atom.